The highest BCUT2D eigenvalue weighted by Crippen LogP contribution is 2.49. The average Bonchev–Trinajstić information content (AvgIpc) is 2.84. The summed E-state index contributed by atoms with van der Waals surface area (Å²) in [5.74, 6) is 0.344. The van der Waals surface area contributed by atoms with Crippen LogP contribution in [-0.2, 0) is 16.2 Å². The Labute approximate surface area is 209 Å². The van der Waals surface area contributed by atoms with Gasteiger partial charge in [-0.3, -0.25) is 0 Å². The number of sulfonamides is 1. The zero-order valence-corrected chi connectivity index (χ0v) is 20.7. The molecular formula is C25H31F3N4O3S. The molecule has 3 aliphatic rings. The van der Waals surface area contributed by atoms with Crippen molar-refractivity contribution in [2.75, 3.05) is 36.4 Å². The molecule has 1 aromatic heterocycles. The summed E-state index contributed by atoms with van der Waals surface area (Å²) in [5.41, 5.74) is 0.501. The van der Waals surface area contributed by atoms with Crippen LogP contribution in [0.3, 0.4) is 0 Å². The van der Waals surface area contributed by atoms with E-state index in [9.17, 15) is 26.7 Å². The molecule has 2 aromatic rings. The molecule has 2 saturated heterocycles. The van der Waals surface area contributed by atoms with E-state index in [4.69, 9.17) is 0 Å². The van der Waals surface area contributed by atoms with E-state index in [2.05, 4.69) is 15.2 Å². The van der Waals surface area contributed by atoms with Crippen molar-refractivity contribution in [3.63, 3.8) is 0 Å². The first-order valence-electron chi connectivity index (χ1n) is 12.4. The summed E-state index contributed by atoms with van der Waals surface area (Å²) in [5, 5.41) is 12.8. The zero-order valence-electron chi connectivity index (χ0n) is 19.9. The van der Waals surface area contributed by atoms with Gasteiger partial charge in [-0.05, 0) is 80.3 Å². The first-order valence-corrected chi connectivity index (χ1v) is 13.8. The van der Waals surface area contributed by atoms with Gasteiger partial charge < -0.3 is 15.3 Å². The highest BCUT2D eigenvalue weighted by Gasteiger charge is 2.45. The summed E-state index contributed by atoms with van der Waals surface area (Å²) in [6.45, 7) is 2.46. The van der Waals surface area contributed by atoms with E-state index in [1.54, 1.807) is 12.1 Å². The number of benzene rings is 1. The van der Waals surface area contributed by atoms with Crippen LogP contribution in [0.5, 0.6) is 0 Å². The Hall–Kier alpha value is -2.37. The molecule has 1 saturated carbocycles. The molecule has 2 N–H and O–H groups in total. The molecule has 0 unspecified atom stereocenters. The van der Waals surface area contributed by atoms with Gasteiger partial charge in [0.2, 0.25) is 10.0 Å². The van der Waals surface area contributed by atoms with Crippen LogP contribution < -0.4 is 10.2 Å². The van der Waals surface area contributed by atoms with E-state index < -0.39 is 21.8 Å². The van der Waals surface area contributed by atoms with E-state index in [1.807, 2.05) is 12.1 Å². The summed E-state index contributed by atoms with van der Waals surface area (Å²) in [4.78, 5) is 6.38. The summed E-state index contributed by atoms with van der Waals surface area (Å²) in [6, 6.07) is 9.28. The van der Waals surface area contributed by atoms with Gasteiger partial charge >= 0.3 is 6.18 Å². The van der Waals surface area contributed by atoms with Crippen LogP contribution in [0.4, 0.5) is 24.7 Å². The second-order valence-electron chi connectivity index (χ2n) is 10.3. The van der Waals surface area contributed by atoms with Crippen molar-refractivity contribution in [3.8, 4) is 0 Å². The molecule has 0 radical (unpaired) electrons. The third-order valence-electron chi connectivity index (χ3n) is 7.90. The molecule has 11 heteroatoms. The lowest BCUT2D eigenvalue weighted by Gasteiger charge is -2.51. The summed E-state index contributed by atoms with van der Waals surface area (Å²) in [6.07, 6.45) is 1.17. The molecule has 2 aliphatic heterocycles. The molecule has 1 spiro atoms. The number of pyridine rings is 1. The minimum Gasteiger partial charge on any atom is -0.393 e. The molecule has 36 heavy (non-hydrogen) atoms. The van der Waals surface area contributed by atoms with Crippen molar-refractivity contribution >= 4 is 21.5 Å². The SMILES string of the molecule is O=S(=O)(c1ccc(N2CCC3(CC2)CC(O)C3)cc1)N1CCC(Nc2ccc(C(F)(F)F)cn2)CC1. The number of nitrogens with one attached hydrogen (secondary N) is 1. The predicted octanol–water partition coefficient (Wildman–Crippen LogP) is 4.11. The Balaban J connectivity index is 1.14. The maximum Gasteiger partial charge on any atom is 0.417 e. The van der Waals surface area contributed by atoms with Crippen molar-refractivity contribution < 1.29 is 26.7 Å². The van der Waals surface area contributed by atoms with Gasteiger partial charge in [0.25, 0.3) is 0 Å². The Morgan fingerprint density at radius 1 is 0.972 bits per heavy atom. The number of anilines is 2. The van der Waals surface area contributed by atoms with Gasteiger partial charge in [-0.15, -0.1) is 0 Å². The zero-order chi connectivity index (χ0) is 25.6. The number of hydrogen-bond acceptors (Lipinski definition) is 6. The number of aromatic nitrogens is 1. The van der Waals surface area contributed by atoms with E-state index >= 15 is 0 Å². The van der Waals surface area contributed by atoms with Crippen LogP contribution in [0, 0.1) is 5.41 Å². The normalized spacial score (nSPS) is 21.9. The predicted molar refractivity (Wildman–Crippen MR) is 130 cm³/mol. The Kier molecular flexibility index (Phi) is 6.67. The van der Waals surface area contributed by atoms with E-state index in [0.29, 0.717) is 37.2 Å². The fourth-order valence-corrected chi connectivity index (χ4v) is 7.13. The molecule has 3 fully saturated rings. The van der Waals surface area contributed by atoms with Crippen LogP contribution in [0.1, 0.15) is 44.1 Å². The third kappa shape index (κ3) is 5.19. The van der Waals surface area contributed by atoms with Crippen LogP contribution >= 0.6 is 0 Å². The highest BCUT2D eigenvalue weighted by molar-refractivity contribution is 7.89. The van der Waals surface area contributed by atoms with Gasteiger partial charge in [-0.1, -0.05) is 0 Å². The molecule has 1 aliphatic carbocycles. The quantitative estimate of drug-likeness (QED) is 0.613. The lowest BCUT2D eigenvalue weighted by atomic mass is 9.61. The number of aliphatic hydroxyl groups is 1. The van der Waals surface area contributed by atoms with Crippen molar-refractivity contribution in [2.24, 2.45) is 5.41 Å². The molecule has 0 bridgehead atoms. The third-order valence-corrected chi connectivity index (χ3v) is 9.81. The molecule has 3 heterocycles. The molecule has 1 aromatic carbocycles. The molecule has 196 valence electrons. The Morgan fingerprint density at radius 3 is 2.14 bits per heavy atom. The number of halogens is 3. The average molecular weight is 525 g/mol. The van der Waals surface area contributed by atoms with Gasteiger partial charge in [-0.2, -0.15) is 17.5 Å². The highest BCUT2D eigenvalue weighted by atomic mass is 32.2. The van der Waals surface area contributed by atoms with Gasteiger partial charge in [0.1, 0.15) is 5.82 Å². The fourth-order valence-electron chi connectivity index (χ4n) is 5.66. The molecule has 0 amide bonds. The number of aliphatic hydroxyl groups excluding tert-OH is 1. The number of hydrogen-bond donors (Lipinski definition) is 2. The monoisotopic (exact) mass is 524 g/mol. The minimum atomic E-state index is -4.43. The minimum absolute atomic E-state index is 0.0674. The van der Waals surface area contributed by atoms with Gasteiger partial charge in [0, 0.05) is 44.1 Å². The molecule has 5 rings (SSSR count). The fraction of sp³-hybridized carbons (Fsp3) is 0.560. The summed E-state index contributed by atoms with van der Waals surface area (Å²) in [7, 11) is -3.63. The van der Waals surface area contributed by atoms with Crippen molar-refractivity contribution in [1.29, 1.82) is 0 Å². The largest absolute Gasteiger partial charge is 0.417 e. The van der Waals surface area contributed by atoms with Crippen LogP contribution in [0.15, 0.2) is 47.5 Å². The van der Waals surface area contributed by atoms with Crippen molar-refractivity contribution in [1.82, 2.24) is 9.29 Å². The Bertz CT molecular complexity index is 1150. The number of piperidine rings is 2. The standard InChI is InChI=1S/C25H31F3N4O3S/c26-25(27,28)18-1-6-23(29-17-18)30-19-7-11-32(12-8-19)36(34,35)22-4-2-20(3-5-22)31-13-9-24(10-14-31)15-21(33)16-24/h1-6,17,19,21,33H,7-16H2,(H,29,30). The van der Waals surface area contributed by atoms with E-state index in [0.717, 1.165) is 56.7 Å². The molecule has 7 nitrogen and oxygen atoms in total. The second kappa shape index (κ2) is 9.50. The number of alkyl halides is 3. The maximum absolute atomic E-state index is 13.2. The number of rotatable bonds is 5. The lowest BCUT2D eigenvalue weighted by Crippen LogP contribution is -2.49. The van der Waals surface area contributed by atoms with Crippen molar-refractivity contribution in [2.45, 2.75) is 61.7 Å². The number of nitrogens with zero attached hydrogens (tertiary/aromatic N) is 3. The van der Waals surface area contributed by atoms with Gasteiger partial charge in [-0.25, -0.2) is 13.4 Å². The first-order chi connectivity index (χ1) is 17.0. The molecular weight excluding hydrogens is 493 g/mol. The second-order valence-corrected chi connectivity index (χ2v) is 12.2. The topological polar surface area (TPSA) is 85.8 Å². The van der Waals surface area contributed by atoms with Crippen LogP contribution in [-0.4, -0.2) is 61.1 Å². The van der Waals surface area contributed by atoms with Crippen LogP contribution in [0.25, 0.3) is 0 Å². The van der Waals surface area contributed by atoms with Gasteiger partial charge in [0.15, 0.2) is 0 Å². The molecule has 0 atom stereocenters. The smallest absolute Gasteiger partial charge is 0.393 e. The van der Waals surface area contributed by atoms with E-state index in [-0.39, 0.29) is 17.0 Å². The van der Waals surface area contributed by atoms with Gasteiger partial charge in [0.05, 0.1) is 16.6 Å². The summed E-state index contributed by atoms with van der Waals surface area (Å²) < 4.78 is 66.0. The first kappa shape index (κ1) is 25.3. The van der Waals surface area contributed by atoms with Crippen LogP contribution in [0.2, 0.25) is 0 Å². The van der Waals surface area contributed by atoms with Crippen molar-refractivity contribution in [3.05, 3.63) is 48.2 Å². The Morgan fingerprint density at radius 2 is 1.61 bits per heavy atom. The summed E-state index contributed by atoms with van der Waals surface area (Å²) >= 11 is 0. The lowest BCUT2D eigenvalue weighted by molar-refractivity contribution is -0.137. The van der Waals surface area contributed by atoms with E-state index in [1.165, 1.54) is 10.4 Å². The maximum atomic E-state index is 13.2.